The van der Waals surface area contributed by atoms with Crippen LogP contribution in [0, 0.1) is 0 Å². The van der Waals surface area contributed by atoms with Gasteiger partial charge in [0.2, 0.25) is 0 Å². The highest BCUT2D eigenvalue weighted by atomic mass is 35.5. The van der Waals surface area contributed by atoms with Gasteiger partial charge in [-0.15, -0.1) is 24.8 Å². The first-order valence-electron chi connectivity index (χ1n) is 4.44. The van der Waals surface area contributed by atoms with Crippen LogP contribution in [0.3, 0.4) is 0 Å². The number of phenolic OH excluding ortho intramolecular Hbond substituents is 1. The van der Waals surface area contributed by atoms with Crippen LogP contribution < -0.4 is 4.74 Å². The predicted octanol–water partition coefficient (Wildman–Crippen LogP) is 3.16. The summed E-state index contributed by atoms with van der Waals surface area (Å²) < 4.78 is 39.5. The number of aromatic hydroxyl groups is 1. The lowest BCUT2D eigenvalue weighted by atomic mass is 10.1. The van der Waals surface area contributed by atoms with Crippen LogP contribution in [0.2, 0.25) is 0 Å². The van der Waals surface area contributed by atoms with Crippen molar-refractivity contribution >= 4 is 17.4 Å². The molecule has 1 aromatic rings. The molecule has 0 aliphatic rings. The quantitative estimate of drug-likeness (QED) is 0.857. The Morgan fingerprint density at radius 3 is 2.53 bits per heavy atom. The molecule has 94 valence electrons. The van der Waals surface area contributed by atoms with Gasteiger partial charge >= 0.3 is 6.36 Å². The molecule has 1 rings (SSSR count). The lowest BCUT2D eigenvalue weighted by Gasteiger charge is -2.13. The minimum Gasteiger partial charge on any atom is -0.508 e. The summed E-state index contributed by atoms with van der Waals surface area (Å²) in [6.07, 6.45) is -4.84. The molecule has 0 aliphatic heterocycles. The molecular weight excluding hydrogens is 261 g/mol. The fourth-order valence-electron chi connectivity index (χ4n) is 1.15. The fraction of sp³-hybridized carbons (Fsp3) is 0.300. The Bertz CT molecular complexity index is 431. The Hall–Kier alpha value is -1.43. The first-order valence-corrected chi connectivity index (χ1v) is 4.87. The van der Waals surface area contributed by atoms with Crippen LogP contribution in [0.4, 0.5) is 13.2 Å². The van der Waals surface area contributed by atoms with E-state index >= 15 is 0 Å². The van der Waals surface area contributed by atoms with E-state index in [2.05, 4.69) is 4.74 Å². The molecule has 0 aliphatic carbocycles. The van der Waals surface area contributed by atoms with Crippen molar-refractivity contribution in [2.24, 2.45) is 0 Å². The molecule has 3 nitrogen and oxygen atoms in total. The molecular formula is C10H8ClF3O3. The van der Waals surface area contributed by atoms with Crippen LogP contribution in [0.1, 0.15) is 17.9 Å². The minimum absolute atomic E-state index is 0.124. The molecule has 0 aromatic heterocycles. The van der Waals surface area contributed by atoms with E-state index in [-0.39, 0.29) is 11.3 Å². The van der Waals surface area contributed by atoms with Gasteiger partial charge in [0.15, 0.2) is 5.78 Å². The van der Waals surface area contributed by atoms with Crippen molar-refractivity contribution in [2.75, 3.05) is 0 Å². The molecule has 7 heteroatoms. The molecule has 0 heterocycles. The Morgan fingerprint density at radius 1 is 1.47 bits per heavy atom. The first kappa shape index (κ1) is 13.6. The van der Waals surface area contributed by atoms with Crippen LogP contribution in [0.5, 0.6) is 11.5 Å². The molecule has 0 amide bonds. The molecule has 0 radical (unpaired) electrons. The first-order chi connectivity index (χ1) is 7.70. The number of ether oxygens (including phenoxy) is 1. The average Bonchev–Trinajstić information content (AvgIpc) is 2.17. The molecule has 1 aromatic carbocycles. The van der Waals surface area contributed by atoms with Crippen LogP contribution in [-0.2, 0) is 4.79 Å². The largest absolute Gasteiger partial charge is 0.573 e. The molecule has 1 unspecified atom stereocenters. The third kappa shape index (κ3) is 3.81. The second-order valence-corrected chi connectivity index (χ2v) is 3.68. The van der Waals surface area contributed by atoms with Crippen molar-refractivity contribution in [1.82, 2.24) is 0 Å². The van der Waals surface area contributed by atoms with Gasteiger partial charge in [0.05, 0.1) is 0 Å². The van der Waals surface area contributed by atoms with Crippen molar-refractivity contribution in [1.29, 1.82) is 0 Å². The van der Waals surface area contributed by atoms with Gasteiger partial charge in [-0.25, -0.2) is 0 Å². The van der Waals surface area contributed by atoms with E-state index < -0.39 is 23.3 Å². The highest BCUT2D eigenvalue weighted by Crippen LogP contribution is 2.34. The van der Waals surface area contributed by atoms with Crippen molar-refractivity contribution in [2.45, 2.75) is 18.7 Å². The lowest BCUT2D eigenvalue weighted by Crippen LogP contribution is -2.17. The SMILES string of the molecule is CC(=O)C(Cl)c1cc(OC(F)(F)F)ccc1O. The zero-order valence-corrected chi connectivity index (χ0v) is 9.34. The van der Waals surface area contributed by atoms with Crippen LogP contribution in [0.15, 0.2) is 18.2 Å². The number of carbonyl (C=O) groups is 1. The summed E-state index contributed by atoms with van der Waals surface area (Å²) in [5.41, 5.74) is -0.124. The summed E-state index contributed by atoms with van der Waals surface area (Å²) in [6.45, 7) is 1.16. The van der Waals surface area contributed by atoms with E-state index in [0.29, 0.717) is 0 Å². The number of ketones is 1. The number of halogens is 4. The smallest absolute Gasteiger partial charge is 0.508 e. The topological polar surface area (TPSA) is 46.5 Å². The summed E-state index contributed by atoms with van der Waals surface area (Å²) in [7, 11) is 0. The molecule has 17 heavy (non-hydrogen) atoms. The van der Waals surface area contributed by atoms with Crippen molar-refractivity contribution < 1.29 is 27.8 Å². The van der Waals surface area contributed by atoms with Gasteiger partial charge in [0.1, 0.15) is 16.9 Å². The number of carbonyl (C=O) groups excluding carboxylic acids is 1. The van der Waals surface area contributed by atoms with Gasteiger partial charge in [0, 0.05) is 5.56 Å². The fourth-order valence-corrected chi connectivity index (χ4v) is 1.33. The summed E-state index contributed by atoms with van der Waals surface area (Å²) in [5.74, 6) is -1.40. The predicted molar refractivity (Wildman–Crippen MR) is 54.1 cm³/mol. The molecule has 0 saturated heterocycles. The highest BCUT2D eigenvalue weighted by molar-refractivity contribution is 6.31. The standard InChI is InChI=1S/C10H8ClF3O3/c1-5(15)9(11)7-4-6(2-3-8(7)16)17-10(12,13)14/h2-4,9,16H,1H3. The maximum atomic E-state index is 11.9. The second-order valence-electron chi connectivity index (χ2n) is 3.24. The number of benzene rings is 1. The highest BCUT2D eigenvalue weighted by Gasteiger charge is 2.31. The third-order valence-corrected chi connectivity index (χ3v) is 2.40. The van der Waals surface area contributed by atoms with Crippen LogP contribution >= 0.6 is 11.6 Å². The number of rotatable bonds is 3. The van der Waals surface area contributed by atoms with Gasteiger partial charge in [-0.05, 0) is 25.1 Å². The molecule has 0 fully saturated rings. The maximum absolute atomic E-state index is 11.9. The number of alkyl halides is 4. The average molecular weight is 269 g/mol. The number of hydrogen-bond acceptors (Lipinski definition) is 3. The van der Waals surface area contributed by atoms with Gasteiger partial charge in [-0.2, -0.15) is 0 Å². The molecule has 1 atom stereocenters. The number of hydrogen-bond donors (Lipinski definition) is 1. The van der Waals surface area contributed by atoms with Crippen LogP contribution in [-0.4, -0.2) is 17.3 Å². The summed E-state index contributed by atoms with van der Waals surface area (Å²) in [6, 6.07) is 2.78. The molecule has 0 bridgehead atoms. The van der Waals surface area contributed by atoms with E-state index in [1.54, 1.807) is 0 Å². The normalized spacial score (nSPS) is 13.2. The Morgan fingerprint density at radius 2 is 2.06 bits per heavy atom. The third-order valence-electron chi connectivity index (χ3n) is 1.86. The van der Waals surface area contributed by atoms with Crippen molar-refractivity contribution in [3.8, 4) is 11.5 Å². The number of phenols is 1. The van der Waals surface area contributed by atoms with Gasteiger partial charge < -0.3 is 9.84 Å². The lowest BCUT2D eigenvalue weighted by molar-refractivity contribution is -0.274. The number of Topliss-reactive ketones (excluding diaryl/α,β-unsaturated/α-hetero) is 1. The summed E-state index contributed by atoms with van der Waals surface area (Å²) in [5, 5.41) is 8.16. The zero-order chi connectivity index (χ0) is 13.2. The zero-order valence-electron chi connectivity index (χ0n) is 8.58. The van der Waals surface area contributed by atoms with Crippen molar-refractivity contribution in [3.63, 3.8) is 0 Å². The Labute approximate surface area is 99.8 Å². The van der Waals surface area contributed by atoms with E-state index in [1.807, 2.05) is 0 Å². The van der Waals surface area contributed by atoms with Gasteiger partial charge in [-0.1, -0.05) is 0 Å². The molecule has 0 spiro atoms. The summed E-state index contributed by atoms with van der Waals surface area (Å²) >= 11 is 5.64. The molecule has 1 N–H and O–H groups in total. The van der Waals surface area contributed by atoms with E-state index in [4.69, 9.17) is 11.6 Å². The van der Waals surface area contributed by atoms with Crippen LogP contribution in [0.25, 0.3) is 0 Å². The summed E-state index contributed by atoms with van der Waals surface area (Å²) in [4.78, 5) is 11.0. The minimum atomic E-state index is -4.84. The van der Waals surface area contributed by atoms with Gasteiger partial charge in [0.25, 0.3) is 0 Å². The van der Waals surface area contributed by atoms with Crippen molar-refractivity contribution in [3.05, 3.63) is 23.8 Å². The van der Waals surface area contributed by atoms with E-state index in [9.17, 15) is 23.1 Å². The monoisotopic (exact) mass is 268 g/mol. The van der Waals surface area contributed by atoms with Gasteiger partial charge in [-0.3, -0.25) is 4.79 Å². The Balaban J connectivity index is 3.06. The maximum Gasteiger partial charge on any atom is 0.573 e. The Kier molecular flexibility index (Phi) is 3.87. The molecule has 0 saturated carbocycles. The van der Waals surface area contributed by atoms with E-state index in [0.717, 1.165) is 25.1 Å². The second kappa shape index (κ2) is 4.83. The van der Waals surface area contributed by atoms with E-state index in [1.165, 1.54) is 0 Å².